The topological polar surface area (TPSA) is 66.5 Å². The Kier molecular flexibility index (Phi) is 10.6. The van der Waals surface area contributed by atoms with E-state index in [4.69, 9.17) is 4.74 Å². The zero-order chi connectivity index (χ0) is 17.5. The fraction of sp³-hybridized carbons (Fsp3) is 0.444. The van der Waals surface area contributed by atoms with Crippen LogP contribution in [0.5, 0.6) is 5.75 Å². The van der Waals surface area contributed by atoms with Crippen LogP contribution in [-0.2, 0) is 6.61 Å². The van der Waals surface area contributed by atoms with Crippen molar-refractivity contribution in [2.75, 3.05) is 39.3 Å². The molecular weight excluding hydrogens is 407 g/mol. The fourth-order valence-electron chi connectivity index (χ4n) is 2.72. The first-order chi connectivity index (χ1) is 12.2. The predicted octanol–water partition coefficient (Wildman–Crippen LogP) is 2.51. The van der Waals surface area contributed by atoms with Crippen molar-refractivity contribution in [1.29, 1.82) is 0 Å². The number of hydrogen-bond donors (Lipinski definition) is 2. The zero-order valence-corrected chi connectivity index (χ0v) is 17.7. The Labute approximate surface area is 176 Å². The molecule has 9 heteroatoms. The van der Waals surface area contributed by atoms with Crippen LogP contribution in [0.15, 0.2) is 29.6 Å². The molecule has 2 N–H and O–H groups in total. The van der Waals surface area contributed by atoms with Gasteiger partial charge >= 0.3 is 0 Å². The summed E-state index contributed by atoms with van der Waals surface area (Å²) in [6.45, 7) is 8.04. The maximum absolute atomic E-state index is 12.3. The van der Waals surface area contributed by atoms with Gasteiger partial charge in [-0.05, 0) is 25.1 Å². The van der Waals surface area contributed by atoms with Crippen molar-refractivity contribution in [3.05, 3.63) is 45.9 Å². The molecule has 150 valence electrons. The van der Waals surface area contributed by atoms with Crippen molar-refractivity contribution >= 4 is 42.1 Å². The van der Waals surface area contributed by atoms with Crippen LogP contribution in [0.4, 0.5) is 0 Å². The molecule has 6 nitrogen and oxygen atoms in total. The maximum atomic E-state index is 12.3. The standard InChI is InChI=1S/C18H24N4O2S.2ClH/c1-14-21-16(13-25-14)12-24-17-4-2-3-15(11-17)18(23)20-7-10-22-8-5-19-6-9-22;;/h2-4,11,13,19H,5-10,12H2,1H3,(H,20,23);2*1H. The third kappa shape index (κ3) is 7.63. The molecule has 0 unspecified atom stereocenters. The minimum atomic E-state index is -0.0647. The molecule has 1 amide bonds. The summed E-state index contributed by atoms with van der Waals surface area (Å²) in [5, 5.41) is 9.32. The van der Waals surface area contributed by atoms with Gasteiger partial charge in [-0.1, -0.05) is 6.07 Å². The summed E-state index contributed by atoms with van der Waals surface area (Å²) in [6, 6.07) is 7.28. The van der Waals surface area contributed by atoms with Crippen LogP contribution in [0, 0.1) is 6.92 Å². The molecule has 2 heterocycles. The van der Waals surface area contributed by atoms with Gasteiger partial charge in [0.15, 0.2) is 0 Å². The first-order valence-electron chi connectivity index (χ1n) is 8.56. The number of amides is 1. The lowest BCUT2D eigenvalue weighted by atomic mass is 10.2. The Bertz CT molecular complexity index is 708. The summed E-state index contributed by atoms with van der Waals surface area (Å²) >= 11 is 1.61. The number of aryl methyl sites for hydroxylation is 1. The van der Waals surface area contributed by atoms with E-state index in [9.17, 15) is 4.79 Å². The SMILES string of the molecule is Cc1nc(COc2cccc(C(=O)NCCN3CCNCC3)c2)cs1.Cl.Cl. The van der Waals surface area contributed by atoms with Crippen molar-refractivity contribution in [1.82, 2.24) is 20.5 Å². The van der Waals surface area contributed by atoms with Gasteiger partial charge in [0.25, 0.3) is 5.91 Å². The van der Waals surface area contributed by atoms with E-state index in [2.05, 4.69) is 20.5 Å². The van der Waals surface area contributed by atoms with E-state index in [1.165, 1.54) is 0 Å². The average molecular weight is 433 g/mol. The number of carbonyl (C=O) groups is 1. The number of hydrogen-bond acceptors (Lipinski definition) is 6. The third-order valence-corrected chi connectivity index (χ3v) is 4.90. The van der Waals surface area contributed by atoms with Crippen molar-refractivity contribution < 1.29 is 9.53 Å². The van der Waals surface area contributed by atoms with Gasteiger partial charge < -0.3 is 15.4 Å². The van der Waals surface area contributed by atoms with Crippen molar-refractivity contribution in [3.63, 3.8) is 0 Å². The fourth-order valence-corrected chi connectivity index (χ4v) is 3.32. The second kappa shape index (κ2) is 12.2. The Morgan fingerprint density at radius 3 is 2.81 bits per heavy atom. The molecule has 0 radical (unpaired) electrons. The van der Waals surface area contributed by atoms with E-state index < -0.39 is 0 Å². The van der Waals surface area contributed by atoms with Crippen LogP contribution < -0.4 is 15.4 Å². The molecule has 1 aromatic carbocycles. The lowest BCUT2D eigenvalue weighted by Gasteiger charge is -2.27. The number of nitrogens with zero attached hydrogens (tertiary/aromatic N) is 2. The van der Waals surface area contributed by atoms with Crippen molar-refractivity contribution in [2.45, 2.75) is 13.5 Å². The number of carbonyl (C=O) groups excluding carboxylic acids is 1. The predicted molar refractivity (Wildman–Crippen MR) is 114 cm³/mol. The maximum Gasteiger partial charge on any atom is 0.251 e. The average Bonchev–Trinajstić information content (AvgIpc) is 3.06. The van der Waals surface area contributed by atoms with Crippen LogP contribution in [-0.4, -0.2) is 55.1 Å². The van der Waals surface area contributed by atoms with Crippen molar-refractivity contribution in [2.24, 2.45) is 0 Å². The van der Waals surface area contributed by atoms with Gasteiger partial charge in [-0.25, -0.2) is 4.98 Å². The number of aromatic nitrogens is 1. The highest BCUT2D eigenvalue weighted by Crippen LogP contribution is 2.16. The van der Waals surface area contributed by atoms with Gasteiger partial charge in [-0.15, -0.1) is 36.2 Å². The van der Waals surface area contributed by atoms with Crippen LogP contribution in [0.1, 0.15) is 21.1 Å². The van der Waals surface area contributed by atoms with Crippen LogP contribution in [0.2, 0.25) is 0 Å². The van der Waals surface area contributed by atoms with Gasteiger partial charge in [-0.2, -0.15) is 0 Å². The highest BCUT2D eigenvalue weighted by atomic mass is 35.5. The minimum Gasteiger partial charge on any atom is -0.487 e. The molecule has 0 saturated carbocycles. The van der Waals surface area contributed by atoms with E-state index in [0.29, 0.717) is 24.5 Å². The first-order valence-corrected chi connectivity index (χ1v) is 9.44. The third-order valence-electron chi connectivity index (χ3n) is 4.07. The van der Waals surface area contributed by atoms with E-state index in [0.717, 1.165) is 43.4 Å². The van der Waals surface area contributed by atoms with Crippen LogP contribution >= 0.6 is 36.2 Å². The molecule has 1 aliphatic heterocycles. The number of halogens is 2. The summed E-state index contributed by atoms with van der Waals surface area (Å²) in [5.74, 6) is 0.616. The largest absolute Gasteiger partial charge is 0.487 e. The molecule has 3 rings (SSSR count). The highest BCUT2D eigenvalue weighted by Gasteiger charge is 2.11. The van der Waals surface area contributed by atoms with Gasteiger partial charge in [0.2, 0.25) is 0 Å². The van der Waals surface area contributed by atoms with Gasteiger partial charge in [-0.3, -0.25) is 9.69 Å². The van der Waals surface area contributed by atoms with Gasteiger partial charge in [0, 0.05) is 50.2 Å². The Hall–Kier alpha value is -1.38. The molecular formula is C18H26Cl2N4O2S. The number of benzene rings is 1. The minimum absolute atomic E-state index is 0. The second-order valence-electron chi connectivity index (χ2n) is 6.02. The number of rotatable bonds is 7. The molecule has 1 aliphatic rings. The summed E-state index contributed by atoms with van der Waals surface area (Å²) in [7, 11) is 0. The van der Waals surface area contributed by atoms with E-state index >= 15 is 0 Å². The Morgan fingerprint density at radius 2 is 2.11 bits per heavy atom. The highest BCUT2D eigenvalue weighted by molar-refractivity contribution is 7.09. The summed E-state index contributed by atoms with van der Waals surface area (Å²) in [6.07, 6.45) is 0. The van der Waals surface area contributed by atoms with E-state index in [1.807, 2.05) is 24.4 Å². The summed E-state index contributed by atoms with van der Waals surface area (Å²) in [5.41, 5.74) is 1.53. The smallest absolute Gasteiger partial charge is 0.251 e. The Morgan fingerprint density at radius 1 is 1.33 bits per heavy atom. The number of nitrogens with one attached hydrogen (secondary N) is 2. The molecule has 1 saturated heterocycles. The lowest BCUT2D eigenvalue weighted by Crippen LogP contribution is -2.46. The summed E-state index contributed by atoms with van der Waals surface area (Å²) in [4.78, 5) is 19.0. The van der Waals surface area contributed by atoms with Gasteiger partial charge in [0.1, 0.15) is 12.4 Å². The Balaban J connectivity index is 0.00000182. The molecule has 0 bridgehead atoms. The van der Waals surface area contributed by atoms with Gasteiger partial charge in [0.05, 0.1) is 10.7 Å². The number of thiazole rings is 1. The van der Waals surface area contributed by atoms with Crippen molar-refractivity contribution in [3.8, 4) is 5.75 Å². The second-order valence-corrected chi connectivity index (χ2v) is 7.08. The molecule has 2 aromatic rings. The molecule has 0 atom stereocenters. The lowest BCUT2D eigenvalue weighted by molar-refractivity contribution is 0.0947. The zero-order valence-electron chi connectivity index (χ0n) is 15.3. The number of piperazine rings is 1. The molecule has 0 spiro atoms. The van der Waals surface area contributed by atoms with E-state index in [-0.39, 0.29) is 30.7 Å². The quantitative estimate of drug-likeness (QED) is 0.703. The van der Waals surface area contributed by atoms with Crippen LogP contribution in [0.25, 0.3) is 0 Å². The molecule has 1 fully saturated rings. The van der Waals surface area contributed by atoms with Crippen LogP contribution in [0.3, 0.4) is 0 Å². The monoisotopic (exact) mass is 432 g/mol. The molecule has 27 heavy (non-hydrogen) atoms. The summed E-state index contributed by atoms with van der Waals surface area (Å²) < 4.78 is 5.74. The first kappa shape index (κ1) is 23.7. The number of ether oxygens (including phenoxy) is 1. The molecule has 1 aromatic heterocycles. The molecule has 0 aliphatic carbocycles. The normalized spacial score (nSPS) is 14.0. The van der Waals surface area contributed by atoms with E-state index in [1.54, 1.807) is 23.5 Å².